The van der Waals surface area contributed by atoms with E-state index < -0.39 is 20.7 Å². The number of aryl methyl sites for hydroxylation is 1. The normalized spacial score (nSPS) is 12.2. The van der Waals surface area contributed by atoms with Gasteiger partial charge in [-0.3, -0.25) is 9.13 Å². The highest BCUT2D eigenvalue weighted by atomic mass is 31.2. The van der Waals surface area contributed by atoms with Crippen molar-refractivity contribution in [1.82, 2.24) is 9.97 Å². The third-order valence-electron chi connectivity index (χ3n) is 5.90. The predicted molar refractivity (Wildman–Crippen MR) is 157 cm³/mol. The van der Waals surface area contributed by atoms with Crippen LogP contribution in [0, 0.1) is 6.92 Å². The molecule has 3 rings (SSSR count). The Balaban J connectivity index is 1.75. The minimum Gasteiger partial charge on any atom is -0.441 e. The van der Waals surface area contributed by atoms with Crippen molar-refractivity contribution in [3.05, 3.63) is 60.1 Å². The summed E-state index contributed by atoms with van der Waals surface area (Å²) in [5.41, 5.74) is 1.28. The number of hydrogen-bond donors (Lipinski definition) is 1. The second-order valence-corrected chi connectivity index (χ2v) is 13.4. The van der Waals surface area contributed by atoms with E-state index in [1.165, 1.54) is 0 Å². The molecule has 2 aromatic heterocycles. The predicted octanol–water partition coefficient (Wildman–Crippen LogP) is 6.95. The highest BCUT2D eigenvalue weighted by Crippen LogP contribution is 2.70. The molecule has 0 bridgehead atoms. The summed E-state index contributed by atoms with van der Waals surface area (Å²) in [5, 5.41) is 2.97. The minimum atomic E-state index is -3.97. The minimum absolute atomic E-state index is 0.0860. The van der Waals surface area contributed by atoms with E-state index in [-0.39, 0.29) is 26.4 Å². The van der Waals surface area contributed by atoms with E-state index in [1.807, 2.05) is 55.3 Å². The van der Waals surface area contributed by atoms with Gasteiger partial charge in [-0.15, -0.1) is 0 Å². The first kappa shape index (κ1) is 32.0. The Bertz CT molecular complexity index is 1240. The van der Waals surface area contributed by atoms with Crippen LogP contribution in [-0.4, -0.2) is 55.5 Å². The van der Waals surface area contributed by atoms with Gasteiger partial charge in [0.25, 0.3) is 0 Å². The van der Waals surface area contributed by atoms with Crippen LogP contribution in [0.5, 0.6) is 0 Å². The lowest BCUT2D eigenvalue weighted by Crippen LogP contribution is -2.26. The van der Waals surface area contributed by atoms with Gasteiger partial charge >= 0.3 is 15.2 Å². The number of pyridine rings is 1. The lowest BCUT2D eigenvalue weighted by atomic mass is 10.2. The smallest absolute Gasteiger partial charge is 0.365 e. The second kappa shape index (κ2) is 14.9. The van der Waals surface area contributed by atoms with Gasteiger partial charge < -0.3 is 32.7 Å². The summed E-state index contributed by atoms with van der Waals surface area (Å²) >= 11 is 0. The van der Waals surface area contributed by atoms with Crippen molar-refractivity contribution in [3.8, 4) is 11.5 Å². The number of nitrogens with one attached hydrogen (secondary N) is 1. The van der Waals surface area contributed by atoms with Crippen molar-refractivity contribution < 1.29 is 31.6 Å². The number of oxazole rings is 1. The summed E-state index contributed by atoms with van der Waals surface area (Å²) in [6.07, 6.45) is 2.35. The first-order chi connectivity index (χ1) is 19.2. The van der Waals surface area contributed by atoms with Crippen LogP contribution < -0.4 is 10.2 Å². The fraction of sp³-hybridized carbons (Fsp3) is 0.481. The van der Waals surface area contributed by atoms with Gasteiger partial charge in [-0.05, 0) is 58.9 Å². The molecule has 0 saturated carbocycles. The molecule has 13 heteroatoms. The quantitative estimate of drug-likeness (QED) is 0.163. The molecule has 3 aromatic rings. The number of rotatable bonds is 17. The summed E-state index contributed by atoms with van der Waals surface area (Å²) in [7, 11) is -5.98. The van der Waals surface area contributed by atoms with Gasteiger partial charge in [0, 0.05) is 25.6 Å². The van der Waals surface area contributed by atoms with Crippen molar-refractivity contribution in [1.29, 1.82) is 0 Å². The Morgan fingerprint density at radius 3 is 1.98 bits per heavy atom. The SMILES string of the molecule is CCOP(=O)(OCC)C(Nc1ccc(N(C)CCc2nc(-c3ccccc3)oc2C)cn1)P(=O)(OCC)OCC. The van der Waals surface area contributed by atoms with E-state index in [9.17, 15) is 9.13 Å². The number of benzene rings is 1. The van der Waals surface area contributed by atoms with Crippen LogP contribution in [0.15, 0.2) is 53.1 Å². The van der Waals surface area contributed by atoms with Crippen molar-refractivity contribution >= 4 is 26.7 Å². The third kappa shape index (κ3) is 8.03. The second-order valence-electron chi connectivity index (χ2n) is 8.73. The molecular formula is C27H40N4O7P2. The van der Waals surface area contributed by atoms with Crippen molar-refractivity contribution in [2.75, 3.05) is 50.2 Å². The van der Waals surface area contributed by atoms with Gasteiger partial charge in [0.2, 0.25) is 11.4 Å². The monoisotopic (exact) mass is 594 g/mol. The van der Waals surface area contributed by atoms with E-state index in [0.29, 0.717) is 24.7 Å². The number of nitrogens with zero attached hydrogens (tertiary/aromatic N) is 3. The van der Waals surface area contributed by atoms with Crippen molar-refractivity contribution in [2.45, 2.75) is 46.6 Å². The van der Waals surface area contributed by atoms with Gasteiger partial charge in [0.05, 0.1) is 44.0 Å². The van der Waals surface area contributed by atoms with E-state index in [1.54, 1.807) is 40.0 Å². The molecule has 1 aromatic carbocycles. The number of hydrogen-bond acceptors (Lipinski definition) is 11. The Morgan fingerprint density at radius 1 is 0.900 bits per heavy atom. The lowest BCUT2D eigenvalue weighted by molar-refractivity contribution is 0.198. The zero-order valence-electron chi connectivity index (χ0n) is 24.0. The van der Waals surface area contributed by atoms with E-state index >= 15 is 0 Å². The molecule has 0 amide bonds. The van der Waals surface area contributed by atoms with Crippen LogP contribution in [0.1, 0.15) is 39.1 Å². The van der Waals surface area contributed by atoms with E-state index in [4.69, 9.17) is 22.5 Å². The highest BCUT2D eigenvalue weighted by molar-refractivity contribution is 7.72. The molecule has 0 aliphatic heterocycles. The van der Waals surface area contributed by atoms with Crippen LogP contribution in [0.25, 0.3) is 11.5 Å². The van der Waals surface area contributed by atoms with Gasteiger partial charge in [-0.25, -0.2) is 9.97 Å². The average Bonchev–Trinajstić information content (AvgIpc) is 3.32. The van der Waals surface area contributed by atoms with Gasteiger partial charge in [-0.1, -0.05) is 18.2 Å². The molecule has 0 saturated heterocycles. The number of likely N-dealkylation sites (N-methyl/N-ethyl adjacent to an activating group) is 1. The maximum atomic E-state index is 13.7. The van der Waals surface area contributed by atoms with Gasteiger partial charge in [-0.2, -0.15) is 0 Å². The van der Waals surface area contributed by atoms with Crippen LogP contribution in [-0.2, 0) is 33.6 Å². The summed E-state index contributed by atoms with van der Waals surface area (Å²) in [6, 6.07) is 13.4. The molecular weight excluding hydrogens is 554 g/mol. The summed E-state index contributed by atoms with van der Waals surface area (Å²) in [4.78, 5) is 11.2. The third-order valence-corrected chi connectivity index (χ3v) is 11.5. The standard InChI is InChI=1S/C27H40N4O7P2/c1-7-34-39(32,35-8-2)27(40(33,36-9-3)37-10-4)30-25-17-16-23(20-28-25)31(6)19-18-24-21(5)38-26(29-24)22-14-12-11-13-15-22/h11-17,20,27H,7-10,18-19H2,1-6H3,(H,28,30). The number of aromatic nitrogens is 2. The lowest BCUT2D eigenvalue weighted by Gasteiger charge is -2.32. The van der Waals surface area contributed by atoms with Crippen molar-refractivity contribution in [3.63, 3.8) is 0 Å². The Labute approximate surface area is 236 Å². The topological polar surface area (TPSA) is 125 Å². The zero-order chi connectivity index (χ0) is 29.2. The summed E-state index contributed by atoms with van der Waals surface area (Å²) < 4.78 is 55.4. The zero-order valence-corrected chi connectivity index (χ0v) is 25.8. The van der Waals surface area contributed by atoms with Crippen LogP contribution in [0.2, 0.25) is 0 Å². The van der Waals surface area contributed by atoms with E-state index in [2.05, 4.69) is 15.3 Å². The molecule has 0 atom stereocenters. The fourth-order valence-electron chi connectivity index (χ4n) is 4.00. The molecule has 220 valence electrons. The molecule has 40 heavy (non-hydrogen) atoms. The molecule has 0 radical (unpaired) electrons. The van der Waals surface area contributed by atoms with E-state index in [0.717, 1.165) is 22.7 Å². The Kier molecular flexibility index (Phi) is 11.9. The molecule has 0 fully saturated rings. The van der Waals surface area contributed by atoms with Gasteiger partial charge in [0.1, 0.15) is 11.6 Å². The molecule has 2 heterocycles. The summed E-state index contributed by atoms with van der Waals surface area (Å²) in [6.45, 7) is 9.66. The molecule has 0 unspecified atom stereocenters. The largest absolute Gasteiger partial charge is 0.441 e. The van der Waals surface area contributed by atoms with Gasteiger partial charge in [0.15, 0.2) is 0 Å². The first-order valence-electron chi connectivity index (χ1n) is 13.4. The Morgan fingerprint density at radius 2 is 1.48 bits per heavy atom. The maximum absolute atomic E-state index is 13.7. The van der Waals surface area contributed by atoms with Crippen LogP contribution in [0.4, 0.5) is 11.5 Å². The molecule has 11 nitrogen and oxygen atoms in total. The summed E-state index contributed by atoms with van der Waals surface area (Å²) in [5.74, 6) is 1.72. The molecule has 0 aliphatic carbocycles. The van der Waals surface area contributed by atoms with Crippen LogP contribution >= 0.6 is 15.2 Å². The molecule has 0 aliphatic rings. The highest BCUT2D eigenvalue weighted by Gasteiger charge is 2.51. The Hall–Kier alpha value is -2.52. The van der Waals surface area contributed by atoms with Crippen molar-refractivity contribution in [2.24, 2.45) is 0 Å². The maximum Gasteiger partial charge on any atom is 0.365 e. The first-order valence-corrected chi connectivity index (χ1v) is 16.6. The average molecular weight is 595 g/mol. The molecule has 0 spiro atoms. The molecule has 1 N–H and O–H groups in total. The fourth-order valence-corrected chi connectivity index (χ4v) is 8.92. The number of anilines is 2. The van der Waals surface area contributed by atoms with Crippen LogP contribution in [0.3, 0.4) is 0 Å².